The summed E-state index contributed by atoms with van der Waals surface area (Å²) in [6, 6.07) is 5.11. The van der Waals surface area contributed by atoms with E-state index in [0.717, 1.165) is 0 Å². The predicted octanol–water partition coefficient (Wildman–Crippen LogP) is 2.52. The lowest BCUT2D eigenvalue weighted by Gasteiger charge is -2.11. The zero-order chi connectivity index (χ0) is 17.5. The van der Waals surface area contributed by atoms with Crippen LogP contribution in [0.5, 0.6) is 11.5 Å². The SMILES string of the molecule is COC(=O)Nc1nc(CC(=O)Nc2cc(OC)ccc2OC)cs1. The molecule has 0 aliphatic heterocycles. The number of hydrogen-bond donors (Lipinski definition) is 2. The van der Waals surface area contributed by atoms with Gasteiger partial charge in [0.05, 0.1) is 39.1 Å². The Morgan fingerprint density at radius 3 is 2.62 bits per heavy atom. The van der Waals surface area contributed by atoms with Crippen molar-refractivity contribution in [3.05, 3.63) is 29.3 Å². The number of carbonyl (C=O) groups is 2. The third-order valence-corrected chi connectivity index (χ3v) is 3.78. The van der Waals surface area contributed by atoms with E-state index in [1.807, 2.05) is 0 Å². The number of carbonyl (C=O) groups excluding carboxylic acids is 2. The molecular weight excluding hydrogens is 334 g/mol. The summed E-state index contributed by atoms with van der Waals surface area (Å²) in [4.78, 5) is 27.4. The Labute approximate surface area is 142 Å². The number of amides is 2. The first kappa shape index (κ1) is 17.5. The van der Waals surface area contributed by atoms with E-state index < -0.39 is 6.09 Å². The Morgan fingerprint density at radius 1 is 1.17 bits per heavy atom. The van der Waals surface area contributed by atoms with Gasteiger partial charge in [0.2, 0.25) is 5.91 Å². The van der Waals surface area contributed by atoms with Gasteiger partial charge >= 0.3 is 6.09 Å². The van der Waals surface area contributed by atoms with E-state index >= 15 is 0 Å². The Kier molecular flexibility index (Phi) is 5.96. The van der Waals surface area contributed by atoms with Crippen LogP contribution >= 0.6 is 11.3 Å². The number of aromatic nitrogens is 1. The van der Waals surface area contributed by atoms with Crippen LogP contribution in [0, 0.1) is 0 Å². The second kappa shape index (κ2) is 8.16. The molecule has 2 N–H and O–H groups in total. The van der Waals surface area contributed by atoms with Gasteiger partial charge in [0.25, 0.3) is 0 Å². The highest BCUT2D eigenvalue weighted by Crippen LogP contribution is 2.29. The molecule has 0 radical (unpaired) electrons. The van der Waals surface area contributed by atoms with Crippen LogP contribution in [0.4, 0.5) is 15.6 Å². The summed E-state index contributed by atoms with van der Waals surface area (Å²) in [6.07, 6.45) is -0.554. The molecule has 1 aromatic heterocycles. The van der Waals surface area contributed by atoms with Gasteiger partial charge in [-0.05, 0) is 12.1 Å². The number of nitrogens with zero attached hydrogens (tertiary/aromatic N) is 1. The highest BCUT2D eigenvalue weighted by Gasteiger charge is 2.12. The summed E-state index contributed by atoms with van der Waals surface area (Å²) >= 11 is 1.21. The zero-order valence-electron chi connectivity index (χ0n) is 13.4. The average molecular weight is 351 g/mol. The molecule has 0 saturated carbocycles. The fourth-order valence-electron chi connectivity index (χ4n) is 1.85. The highest BCUT2D eigenvalue weighted by atomic mass is 32.1. The molecule has 2 amide bonds. The van der Waals surface area contributed by atoms with Crippen LogP contribution in [0.1, 0.15) is 5.69 Å². The second-order valence-electron chi connectivity index (χ2n) is 4.55. The van der Waals surface area contributed by atoms with Gasteiger partial charge in [-0.25, -0.2) is 9.78 Å². The summed E-state index contributed by atoms with van der Waals surface area (Å²) < 4.78 is 14.8. The quantitative estimate of drug-likeness (QED) is 0.830. The number of rotatable bonds is 6. The topological polar surface area (TPSA) is 98.8 Å². The standard InChI is InChI=1S/C15H17N3O5S/c1-21-10-4-5-12(22-2)11(7-10)17-13(19)6-9-8-24-14(16-9)18-15(20)23-3/h4-5,7-8H,6H2,1-3H3,(H,17,19)(H,16,18,20). The fourth-order valence-corrected chi connectivity index (χ4v) is 2.55. The van der Waals surface area contributed by atoms with Crippen LogP contribution < -0.4 is 20.1 Å². The number of hydrogen-bond acceptors (Lipinski definition) is 7. The maximum atomic E-state index is 12.2. The first-order valence-electron chi connectivity index (χ1n) is 6.87. The van der Waals surface area contributed by atoms with E-state index in [0.29, 0.717) is 28.0 Å². The Balaban J connectivity index is 2.02. The molecule has 24 heavy (non-hydrogen) atoms. The zero-order valence-corrected chi connectivity index (χ0v) is 14.2. The molecule has 0 aliphatic carbocycles. The van der Waals surface area contributed by atoms with Gasteiger partial charge in [-0.15, -0.1) is 11.3 Å². The van der Waals surface area contributed by atoms with Crippen molar-refractivity contribution >= 4 is 34.2 Å². The van der Waals surface area contributed by atoms with Crippen LogP contribution in [0.25, 0.3) is 0 Å². The number of methoxy groups -OCH3 is 3. The maximum absolute atomic E-state index is 12.2. The highest BCUT2D eigenvalue weighted by molar-refractivity contribution is 7.13. The van der Waals surface area contributed by atoms with Crippen molar-refractivity contribution in [1.82, 2.24) is 4.98 Å². The molecule has 0 spiro atoms. The van der Waals surface area contributed by atoms with E-state index in [1.165, 1.54) is 25.6 Å². The van der Waals surface area contributed by atoms with Crippen molar-refractivity contribution in [2.24, 2.45) is 0 Å². The van der Waals surface area contributed by atoms with Gasteiger partial charge in [-0.3, -0.25) is 10.1 Å². The molecule has 0 atom stereocenters. The van der Waals surface area contributed by atoms with Crippen LogP contribution in [0.3, 0.4) is 0 Å². The van der Waals surface area contributed by atoms with Crippen LogP contribution in [0.2, 0.25) is 0 Å². The van der Waals surface area contributed by atoms with Gasteiger partial charge in [-0.2, -0.15) is 0 Å². The summed E-state index contributed by atoms with van der Waals surface area (Å²) in [6.45, 7) is 0. The summed E-state index contributed by atoms with van der Waals surface area (Å²) in [5, 5.41) is 7.25. The summed E-state index contributed by atoms with van der Waals surface area (Å²) in [7, 11) is 4.32. The lowest BCUT2D eigenvalue weighted by atomic mass is 10.2. The molecule has 0 unspecified atom stereocenters. The molecular formula is C15H17N3O5S. The average Bonchev–Trinajstić information content (AvgIpc) is 3.01. The van der Waals surface area contributed by atoms with Crippen molar-refractivity contribution in [2.75, 3.05) is 32.0 Å². The molecule has 0 bridgehead atoms. The molecule has 0 aliphatic rings. The van der Waals surface area contributed by atoms with Crippen LogP contribution in [-0.4, -0.2) is 38.3 Å². The summed E-state index contributed by atoms with van der Waals surface area (Å²) in [5.41, 5.74) is 1.04. The minimum atomic E-state index is -0.610. The largest absolute Gasteiger partial charge is 0.497 e. The molecule has 2 rings (SSSR count). The van der Waals surface area contributed by atoms with Crippen LogP contribution in [-0.2, 0) is 16.0 Å². The smallest absolute Gasteiger partial charge is 0.413 e. The van der Waals surface area contributed by atoms with Crippen molar-refractivity contribution in [3.63, 3.8) is 0 Å². The van der Waals surface area contributed by atoms with Crippen molar-refractivity contribution in [2.45, 2.75) is 6.42 Å². The second-order valence-corrected chi connectivity index (χ2v) is 5.41. The van der Waals surface area contributed by atoms with E-state index in [4.69, 9.17) is 9.47 Å². The molecule has 0 fully saturated rings. The summed E-state index contributed by atoms with van der Waals surface area (Å²) in [5.74, 6) is 0.858. The minimum Gasteiger partial charge on any atom is -0.497 e. The Hall–Kier alpha value is -2.81. The van der Waals surface area contributed by atoms with Gasteiger partial charge < -0.3 is 19.5 Å². The fraction of sp³-hybridized carbons (Fsp3) is 0.267. The van der Waals surface area contributed by atoms with E-state index in [-0.39, 0.29) is 12.3 Å². The number of thiazole rings is 1. The number of ether oxygens (including phenoxy) is 3. The number of anilines is 2. The molecule has 128 valence electrons. The first-order valence-corrected chi connectivity index (χ1v) is 7.75. The molecule has 8 nitrogen and oxygen atoms in total. The normalized spacial score (nSPS) is 9.96. The Bertz CT molecular complexity index is 732. The Morgan fingerprint density at radius 2 is 1.96 bits per heavy atom. The lowest BCUT2D eigenvalue weighted by molar-refractivity contribution is -0.115. The molecule has 2 aromatic rings. The third kappa shape index (κ3) is 4.59. The van der Waals surface area contributed by atoms with E-state index in [1.54, 1.807) is 30.7 Å². The van der Waals surface area contributed by atoms with E-state index in [2.05, 4.69) is 20.4 Å². The van der Waals surface area contributed by atoms with Gasteiger partial charge in [-0.1, -0.05) is 0 Å². The van der Waals surface area contributed by atoms with Crippen molar-refractivity contribution in [3.8, 4) is 11.5 Å². The molecule has 1 heterocycles. The molecule has 1 aromatic carbocycles. The number of nitrogens with one attached hydrogen (secondary N) is 2. The third-order valence-electron chi connectivity index (χ3n) is 2.97. The van der Waals surface area contributed by atoms with Gasteiger partial charge in [0.1, 0.15) is 11.5 Å². The monoisotopic (exact) mass is 351 g/mol. The predicted molar refractivity (Wildman–Crippen MR) is 90.0 cm³/mol. The van der Waals surface area contributed by atoms with Crippen molar-refractivity contribution < 1.29 is 23.8 Å². The first-order chi connectivity index (χ1) is 11.5. The molecule has 0 saturated heterocycles. The van der Waals surface area contributed by atoms with Crippen molar-refractivity contribution in [1.29, 1.82) is 0 Å². The lowest BCUT2D eigenvalue weighted by Crippen LogP contribution is -2.15. The van der Waals surface area contributed by atoms with E-state index in [9.17, 15) is 9.59 Å². The molecule has 9 heteroatoms. The number of benzene rings is 1. The maximum Gasteiger partial charge on any atom is 0.413 e. The van der Waals surface area contributed by atoms with Gasteiger partial charge in [0.15, 0.2) is 5.13 Å². The van der Waals surface area contributed by atoms with Gasteiger partial charge in [0, 0.05) is 11.4 Å². The minimum absolute atomic E-state index is 0.0553. The van der Waals surface area contributed by atoms with Crippen LogP contribution in [0.15, 0.2) is 23.6 Å².